The zero-order valence-electron chi connectivity index (χ0n) is 17.2. The fourth-order valence-electron chi connectivity index (χ4n) is 3.67. The van der Waals surface area contributed by atoms with E-state index in [2.05, 4.69) is 10.1 Å². The molecular weight excluding hydrogens is 425 g/mol. The molecule has 2 aliphatic rings. The van der Waals surface area contributed by atoms with Gasteiger partial charge in [0.1, 0.15) is 5.82 Å². The Morgan fingerprint density at radius 2 is 1.97 bits per heavy atom. The molecule has 1 aliphatic carbocycles. The molecule has 1 heterocycles. The van der Waals surface area contributed by atoms with E-state index >= 15 is 0 Å². The highest BCUT2D eigenvalue weighted by molar-refractivity contribution is 5.95. The van der Waals surface area contributed by atoms with Crippen molar-refractivity contribution < 1.29 is 32.2 Å². The average Bonchev–Trinajstić information content (AvgIpc) is 3.49. The van der Waals surface area contributed by atoms with Gasteiger partial charge in [-0.25, -0.2) is 4.39 Å². The van der Waals surface area contributed by atoms with Crippen LogP contribution in [0.1, 0.15) is 30.7 Å². The number of alkyl halides is 2. The van der Waals surface area contributed by atoms with E-state index in [-0.39, 0.29) is 36.3 Å². The molecule has 4 rings (SSSR count). The van der Waals surface area contributed by atoms with Crippen molar-refractivity contribution in [1.82, 2.24) is 4.90 Å². The highest BCUT2D eigenvalue weighted by Gasteiger charge is 2.32. The second-order valence-corrected chi connectivity index (χ2v) is 8.07. The van der Waals surface area contributed by atoms with Crippen LogP contribution in [0.3, 0.4) is 0 Å². The third kappa shape index (κ3) is 5.72. The molecule has 0 aromatic heterocycles. The van der Waals surface area contributed by atoms with Crippen LogP contribution in [0.25, 0.3) is 0 Å². The predicted molar refractivity (Wildman–Crippen MR) is 110 cm³/mol. The second kappa shape index (κ2) is 9.50. The van der Waals surface area contributed by atoms with Crippen molar-refractivity contribution in [2.75, 3.05) is 25.0 Å². The number of likely N-dealkylation sites (tertiary alicyclic amines) is 1. The van der Waals surface area contributed by atoms with E-state index < -0.39 is 18.3 Å². The third-order valence-electron chi connectivity index (χ3n) is 5.48. The zero-order valence-corrected chi connectivity index (χ0v) is 17.2. The molecule has 6 nitrogen and oxygen atoms in total. The number of rotatable bonds is 9. The number of hydrogen-bond acceptors (Lipinski definition) is 4. The Morgan fingerprint density at radius 3 is 2.69 bits per heavy atom. The number of amides is 2. The van der Waals surface area contributed by atoms with Crippen molar-refractivity contribution in [2.24, 2.45) is 5.92 Å². The summed E-state index contributed by atoms with van der Waals surface area (Å²) in [5.41, 5.74) is 1.06. The van der Waals surface area contributed by atoms with Crippen molar-refractivity contribution in [3.8, 4) is 11.5 Å². The number of halogens is 3. The first kappa shape index (κ1) is 22.0. The van der Waals surface area contributed by atoms with Crippen molar-refractivity contribution >= 4 is 17.5 Å². The Kier molecular flexibility index (Phi) is 6.53. The van der Waals surface area contributed by atoms with Gasteiger partial charge in [-0.3, -0.25) is 9.59 Å². The number of benzene rings is 2. The van der Waals surface area contributed by atoms with Gasteiger partial charge in [0.2, 0.25) is 11.8 Å². The molecule has 2 fully saturated rings. The molecule has 2 aromatic carbocycles. The Labute approximate surface area is 183 Å². The van der Waals surface area contributed by atoms with Gasteiger partial charge in [-0.2, -0.15) is 8.78 Å². The van der Waals surface area contributed by atoms with Crippen molar-refractivity contribution in [1.29, 1.82) is 0 Å². The maximum Gasteiger partial charge on any atom is 0.387 e. The second-order valence-electron chi connectivity index (χ2n) is 8.07. The fraction of sp³-hybridized carbons (Fsp3) is 0.391. The van der Waals surface area contributed by atoms with E-state index in [1.54, 1.807) is 18.2 Å². The van der Waals surface area contributed by atoms with Crippen LogP contribution in [0, 0.1) is 11.7 Å². The molecule has 9 heteroatoms. The summed E-state index contributed by atoms with van der Waals surface area (Å²) in [5, 5.41) is 2.57. The summed E-state index contributed by atoms with van der Waals surface area (Å²) in [7, 11) is 0. The van der Waals surface area contributed by atoms with Crippen LogP contribution >= 0.6 is 0 Å². The Hall–Kier alpha value is -3.23. The van der Waals surface area contributed by atoms with Crippen LogP contribution in [0.15, 0.2) is 42.5 Å². The molecular formula is C23H23F3N2O4. The summed E-state index contributed by atoms with van der Waals surface area (Å²) in [5.74, 6) is -0.702. The van der Waals surface area contributed by atoms with Gasteiger partial charge in [0.15, 0.2) is 11.5 Å². The smallest absolute Gasteiger partial charge is 0.387 e. The standard InChI is InChI=1S/C23H23F3N2O4/c24-17-2-1-3-18(10-17)27-21(29)12-28-11-16(9-22(28)30)15-6-7-19(32-23(25)26)20(8-15)31-13-14-4-5-14/h1-3,6-8,10,14,16,23H,4-5,9,11-13H2,(H,27,29)/t16-/m1/s1. The number of carbonyl (C=O) groups is 2. The highest BCUT2D eigenvalue weighted by atomic mass is 19.3. The number of carbonyl (C=O) groups excluding carboxylic acids is 2. The number of anilines is 1. The van der Waals surface area contributed by atoms with E-state index in [1.165, 1.54) is 29.2 Å². The van der Waals surface area contributed by atoms with Crippen molar-refractivity contribution in [3.05, 3.63) is 53.8 Å². The number of nitrogens with zero attached hydrogens (tertiary/aromatic N) is 1. The van der Waals surface area contributed by atoms with Gasteiger partial charge in [0.25, 0.3) is 0 Å². The minimum absolute atomic E-state index is 0.0416. The van der Waals surface area contributed by atoms with Crippen molar-refractivity contribution in [2.45, 2.75) is 31.8 Å². The molecule has 1 saturated carbocycles. The fourth-order valence-corrected chi connectivity index (χ4v) is 3.67. The SMILES string of the molecule is O=C(CN1C[C@H](c2ccc(OC(F)F)c(OCC3CC3)c2)CC1=O)Nc1cccc(F)c1. The molecule has 32 heavy (non-hydrogen) atoms. The Balaban J connectivity index is 1.40. The third-order valence-corrected chi connectivity index (χ3v) is 5.48. The van der Waals surface area contributed by atoms with Crippen LogP contribution in [0.4, 0.5) is 18.9 Å². The van der Waals surface area contributed by atoms with Crippen LogP contribution in [-0.2, 0) is 9.59 Å². The van der Waals surface area contributed by atoms with Gasteiger partial charge in [0, 0.05) is 24.6 Å². The summed E-state index contributed by atoms with van der Waals surface area (Å²) in [6.45, 7) is -2.40. The van der Waals surface area contributed by atoms with E-state index in [1.807, 2.05) is 0 Å². The van der Waals surface area contributed by atoms with E-state index in [0.717, 1.165) is 18.4 Å². The quantitative estimate of drug-likeness (QED) is 0.625. The maximum absolute atomic E-state index is 13.3. The molecule has 1 saturated heterocycles. The number of ether oxygens (including phenoxy) is 2. The van der Waals surface area contributed by atoms with Gasteiger partial charge in [-0.15, -0.1) is 0 Å². The Morgan fingerprint density at radius 1 is 1.16 bits per heavy atom. The first-order valence-electron chi connectivity index (χ1n) is 10.4. The minimum atomic E-state index is -2.97. The summed E-state index contributed by atoms with van der Waals surface area (Å²) >= 11 is 0. The van der Waals surface area contributed by atoms with Crippen LogP contribution in [0.5, 0.6) is 11.5 Å². The molecule has 0 unspecified atom stereocenters. The van der Waals surface area contributed by atoms with Gasteiger partial charge in [-0.05, 0) is 54.7 Å². The van der Waals surface area contributed by atoms with Gasteiger partial charge >= 0.3 is 6.61 Å². The summed E-state index contributed by atoms with van der Waals surface area (Å²) in [6, 6.07) is 10.2. The lowest BCUT2D eigenvalue weighted by Crippen LogP contribution is -2.34. The van der Waals surface area contributed by atoms with Crippen molar-refractivity contribution in [3.63, 3.8) is 0 Å². The Bertz CT molecular complexity index is 997. The van der Waals surface area contributed by atoms with Gasteiger partial charge in [-0.1, -0.05) is 12.1 Å². The molecule has 2 amide bonds. The zero-order chi connectivity index (χ0) is 22.7. The van der Waals surface area contributed by atoms with Crippen LogP contribution in [-0.4, -0.2) is 43.0 Å². The molecule has 0 bridgehead atoms. The first-order valence-corrected chi connectivity index (χ1v) is 10.4. The van der Waals surface area contributed by atoms with Crippen LogP contribution in [0.2, 0.25) is 0 Å². The monoisotopic (exact) mass is 448 g/mol. The summed E-state index contributed by atoms with van der Waals surface area (Å²) in [4.78, 5) is 26.2. The maximum atomic E-state index is 13.3. The summed E-state index contributed by atoms with van der Waals surface area (Å²) in [6.07, 6.45) is 2.29. The highest BCUT2D eigenvalue weighted by Crippen LogP contribution is 2.37. The van der Waals surface area contributed by atoms with Crippen LogP contribution < -0.4 is 14.8 Å². The van der Waals surface area contributed by atoms with Gasteiger partial charge < -0.3 is 19.7 Å². The topological polar surface area (TPSA) is 67.9 Å². The molecule has 1 atom stereocenters. The normalized spacial score (nSPS) is 18.2. The predicted octanol–water partition coefficient (Wildman–Crippen LogP) is 4.17. The molecule has 1 N–H and O–H groups in total. The largest absolute Gasteiger partial charge is 0.489 e. The molecule has 0 spiro atoms. The molecule has 1 aliphatic heterocycles. The van der Waals surface area contributed by atoms with Gasteiger partial charge in [0.05, 0.1) is 13.2 Å². The van der Waals surface area contributed by atoms with E-state index in [4.69, 9.17) is 4.74 Å². The first-order chi connectivity index (χ1) is 15.4. The lowest BCUT2D eigenvalue weighted by atomic mass is 9.98. The minimum Gasteiger partial charge on any atom is -0.489 e. The lowest BCUT2D eigenvalue weighted by Gasteiger charge is -2.18. The number of hydrogen-bond donors (Lipinski definition) is 1. The molecule has 0 radical (unpaired) electrons. The molecule has 170 valence electrons. The lowest BCUT2D eigenvalue weighted by molar-refractivity contribution is -0.131. The molecule has 2 aromatic rings. The summed E-state index contributed by atoms with van der Waals surface area (Å²) < 4.78 is 49.0. The van der Waals surface area contributed by atoms with E-state index in [0.29, 0.717) is 24.8 Å². The average molecular weight is 448 g/mol. The number of nitrogens with one attached hydrogen (secondary N) is 1. The van der Waals surface area contributed by atoms with E-state index in [9.17, 15) is 22.8 Å².